The molecule has 0 aliphatic heterocycles. The van der Waals surface area contributed by atoms with E-state index in [2.05, 4.69) is 5.32 Å². The zero-order chi connectivity index (χ0) is 13.8. The third-order valence-electron chi connectivity index (χ3n) is 3.42. The van der Waals surface area contributed by atoms with E-state index in [0.29, 0.717) is 12.8 Å². The molecule has 0 saturated heterocycles. The van der Waals surface area contributed by atoms with Crippen molar-refractivity contribution in [3.8, 4) is 0 Å². The number of amides is 1. The Bertz CT molecular complexity index is 481. The van der Waals surface area contributed by atoms with Crippen LogP contribution in [-0.4, -0.2) is 17.0 Å². The molecule has 0 fully saturated rings. The van der Waals surface area contributed by atoms with Gasteiger partial charge in [-0.05, 0) is 31.2 Å². The molecular formula is C14H17NO3S. The molecule has 2 rings (SSSR count). The van der Waals surface area contributed by atoms with Gasteiger partial charge in [0.2, 0.25) is 5.91 Å². The van der Waals surface area contributed by atoms with Crippen molar-refractivity contribution in [2.75, 3.05) is 0 Å². The summed E-state index contributed by atoms with van der Waals surface area (Å²) < 4.78 is 0. The van der Waals surface area contributed by atoms with Crippen LogP contribution in [0.3, 0.4) is 0 Å². The Balaban J connectivity index is 2.02. The minimum absolute atomic E-state index is 0.0761. The lowest BCUT2D eigenvalue weighted by molar-refractivity contribution is -0.147. The van der Waals surface area contributed by atoms with Crippen molar-refractivity contribution in [3.63, 3.8) is 0 Å². The molecule has 1 heterocycles. The fourth-order valence-corrected chi connectivity index (χ4v) is 3.04. The zero-order valence-electron chi connectivity index (χ0n) is 10.7. The number of thiophene rings is 1. The molecule has 2 N–H and O–H groups in total. The fourth-order valence-electron chi connectivity index (χ4n) is 2.31. The van der Waals surface area contributed by atoms with E-state index in [0.717, 1.165) is 4.88 Å². The summed E-state index contributed by atoms with van der Waals surface area (Å²) in [5.41, 5.74) is 0. The first-order valence-corrected chi connectivity index (χ1v) is 7.19. The van der Waals surface area contributed by atoms with Crippen molar-refractivity contribution in [2.24, 2.45) is 11.8 Å². The Morgan fingerprint density at radius 1 is 1.37 bits per heavy atom. The molecule has 19 heavy (non-hydrogen) atoms. The molecule has 0 unspecified atom stereocenters. The van der Waals surface area contributed by atoms with Crippen LogP contribution in [0.1, 0.15) is 30.7 Å². The smallest absolute Gasteiger partial charge is 0.307 e. The van der Waals surface area contributed by atoms with Crippen molar-refractivity contribution in [1.82, 2.24) is 5.32 Å². The lowest BCUT2D eigenvalue weighted by Gasteiger charge is -2.25. The Hall–Kier alpha value is -1.62. The summed E-state index contributed by atoms with van der Waals surface area (Å²) >= 11 is 1.58. The van der Waals surface area contributed by atoms with Crippen molar-refractivity contribution >= 4 is 23.2 Å². The lowest BCUT2D eigenvalue weighted by Crippen LogP contribution is -2.39. The fraction of sp³-hybridized carbons (Fsp3) is 0.429. The zero-order valence-corrected chi connectivity index (χ0v) is 11.5. The van der Waals surface area contributed by atoms with E-state index in [1.807, 2.05) is 36.6 Å². The van der Waals surface area contributed by atoms with Gasteiger partial charge in [-0.2, -0.15) is 0 Å². The topological polar surface area (TPSA) is 66.4 Å². The number of aliphatic carboxylic acids is 1. The van der Waals surface area contributed by atoms with Crippen LogP contribution in [0.15, 0.2) is 29.7 Å². The number of allylic oxidation sites excluding steroid dienone is 2. The molecular weight excluding hydrogens is 262 g/mol. The Morgan fingerprint density at radius 2 is 2.05 bits per heavy atom. The van der Waals surface area contributed by atoms with Gasteiger partial charge in [0.1, 0.15) is 0 Å². The summed E-state index contributed by atoms with van der Waals surface area (Å²) in [5.74, 6) is -2.14. The number of hydrogen-bond acceptors (Lipinski definition) is 3. The molecule has 0 aromatic carbocycles. The predicted molar refractivity (Wildman–Crippen MR) is 73.9 cm³/mol. The summed E-state index contributed by atoms with van der Waals surface area (Å²) in [7, 11) is 0. The normalized spacial score (nSPS) is 23.8. The number of carboxylic acids is 1. The summed E-state index contributed by atoms with van der Waals surface area (Å²) in [6.45, 7) is 1.91. The largest absolute Gasteiger partial charge is 0.481 e. The van der Waals surface area contributed by atoms with Gasteiger partial charge in [-0.15, -0.1) is 11.3 Å². The molecule has 3 atom stereocenters. The lowest BCUT2D eigenvalue weighted by atomic mass is 9.82. The van der Waals surface area contributed by atoms with Gasteiger partial charge >= 0.3 is 5.97 Å². The van der Waals surface area contributed by atoms with Gasteiger partial charge in [-0.1, -0.05) is 18.2 Å². The maximum Gasteiger partial charge on any atom is 0.307 e. The van der Waals surface area contributed by atoms with Crippen LogP contribution in [-0.2, 0) is 9.59 Å². The maximum atomic E-state index is 12.2. The van der Waals surface area contributed by atoms with Crippen LogP contribution < -0.4 is 5.32 Å². The molecule has 1 aliphatic rings. The highest BCUT2D eigenvalue weighted by Gasteiger charge is 2.34. The van der Waals surface area contributed by atoms with Gasteiger partial charge in [-0.25, -0.2) is 0 Å². The number of hydrogen-bond donors (Lipinski definition) is 2. The second-order valence-corrected chi connectivity index (χ2v) is 5.72. The highest BCUT2D eigenvalue weighted by Crippen LogP contribution is 2.27. The summed E-state index contributed by atoms with van der Waals surface area (Å²) in [6.07, 6.45) is 4.66. The first-order chi connectivity index (χ1) is 9.09. The minimum atomic E-state index is -0.895. The molecule has 1 aromatic heterocycles. The molecule has 102 valence electrons. The van der Waals surface area contributed by atoms with Crippen LogP contribution in [0, 0.1) is 11.8 Å². The predicted octanol–water partition coefficient (Wildman–Crippen LogP) is 2.59. The first kappa shape index (κ1) is 13.8. The standard InChI is InChI=1S/C14H17NO3S/c1-9(12-7-4-8-19-12)15-13(16)10-5-2-3-6-11(10)14(17)18/h2-4,7-11H,5-6H2,1H3,(H,15,16)(H,17,18)/t9-,10+,11-/m0/s1. The van der Waals surface area contributed by atoms with Gasteiger partial charge < -0.3 is 10.4 Å². The molecule has 4 nitrogen and oxygen atoms in total. The van der Waals surface area contributed by atoms with E-state index in [1.165, 1.54) is 0 Å². The van der Waals surface area contributed by atoms with Gasteiger partial charge in [0.25, 0.3) is 0 Å². The van der Waals surface area contributed by atoms with E-state index in [9.17, 15) is 9.59 Å². The van der Waals surface area contributed by atoms with E-state index in [-0.39, 0.29) is 11.9 Å². The Labute approximate surface area is 116 Å². The number of nitrogens with one attached hydrogen (secondary N) is 1. The summed E-state index contributed by atoms with van der Waals surface area (Å²) in [5, 5.41) is 14.0. The molecule has 0 saturated carbocycles. The number of rotatable bonds is 4. The van der Waals surface area contributed by atoms with Crippen LogP contribution >= 0.6 is 11.3 Å². The molecule has 5 heteroatoms. The SMILES string of the molecule is C[C@H](NC(=O)[C@@H]1CC=CC[C@@H]1C(=O)O)c1cccs1. The van der Waals surface area contributed by atoms with E-state index in [4.69, 9.17) is 5.11 Å². The monoisotopic (exact) mass is 279 g/mol. The molecule has 1 amide bonds. The van der Waals surface area contributed by atoms with Gasteiger partial charge in [0.05, 0.1) is 17.9 Å². The van der Waals surface area contributed by atoms with Gasteiger partial charge in [0, 0.05) is 4.88 Å². The second-order valence-electron chi connectivity index (χ2n) is 4.74. The van der Waals surface area contributed by atoms with Gasteiger partial charge in [0.15, 0.2) is 0 Å². The highest BCUT2D eigenvalue weighted by molar-refractivity contribution is 7.10. The number of carboxylic acid groups (broad SMARTS) is 1. The van der Waals surface area contributed by atoms with Crippen molar-refractivity contribution < 1.29 is 14.7 Å². The highest BCUT2D eigenvalue weighted by atomic mass is 32.1. The maximum absolute atomic E-state index is 12.2. The van der Waals surface area contributed by atoms with Crippen LogP contribution in [0.4, 0.5) is 0 Å². The van der Waals surface area contributed by atoms with E-state index < -0.39 is 17.8 Å². The number of carbonyl (C=O) groups is 2. The quantitative estimate of drug-likeness (QED) is 0.832. The average Bonchev–Trinajstić information content (AvgIpc) is 2.92. The molecule has 1 aliphatic carbocycles. The van der Waals surface area contributed by atoms with E-state index >= 15 is 0 Å². The van der Waals surface area contributed by atoms with Crippen molar-refractivity contribution in [1.29, 1.82) is 0 Å². The van der Waals surface area contributed by atoms with Crippen LogP contribution in [0.5, 0.6) is 0 Å². The third-order valence-corrected chi connectivity index (χ3v) is 4.47. The van der Waals surface area contributed by atoms with Crippen molar-refractivity contribution in [2.45, 2.75) is 25.8 Å². The molecule has 1 aromatic rings. The second kappa shape index (κ2) is 6.02. The number of carbonyl (C=O) groups excluding carboxylic acids is 1. The van der Waals surface area contributed by atoms with Gasteiger partial charge in [-0.3, -0.25) is 9.59 Å². The molecule has 0 radical (unpaired) electrons. The van der Waals surface area contributed by atoms with Crippen LogP contribution in [0.2, 0.25) is 0 Å². The molecule has 0 spiro atoms. The summed E-state index contributed by atoms with van der Waals surface area (Å²) in [6, 6.07) is 3.82. The Morgan fingerprint density at radius 3 is 2.63 bits per heavy atom. The molecule has 0 bridgehead atoms. The Kier molecular flexibility index (Phi) is 4.37. The average molecular weight is 279 g/mol. The third kappa shape index (κ3) is 3.23. The first-order valence-electron chi connectivity index (χ1n) is 6.31. The van der Waals surface area contributed by atoms with Crippen LogP contribution in [0.25, 0.3) is 0 Å². The summed E-state index contributed by atoms with van der Waals surface area (Å²) in [4.78, 5) is 24.5. The van der Waals surface area contributed by atoms with Crippen molar-refractivity contribution in [3.05, 3.63) is 34.5 Å². The van der Waals surface area contributed by atoms with E-state index in [1.54, 1.807) is 11.3 Å². The minimum Gasteiger partial charge on any atom is -0.481 e.